The number of nitrogen functional groups attached to an aromatic ring is 1. The van der Waals surface area contributed by atoms with Gasteiger partial charge in [0.25, 0.3) is 0 Å². The Kier molecular flexibility index (Phi) is 2.02. The van der Waals surface area contributed by atoms with Gasteiger partial charge in [0.2, 0.25) is 5.76 Å². The molecule has 2 N–H and O–H groups in total. The highest BCUT2D eigenvalue weighted by molar-refractivity contribution is 9.13. The molecule has 0 spiro atoms. The summed E-state index contributed by atoms with van der Waals surface area (Å²) in [4.78, 5) is 0. The summed E-state index contributed by atoms with van der Waals surface area (Å²) >= 11 is 6.19. The number of rotatable bonds is 0. The molecule has 10 heavy (non-hydrogen) atoms. The molecule has 0 atom stereocenters. The van der Waals surface area contributed by atoms with Gasteiger partial charge in [-0.2, -0.15) is 5.26 Å². The van der Waals surface area contributed by atoms with Crippen LogP contribution in [0.4, 0.5) is 5.69 Å². The van der Waals surface area contributed by atoms with Crippen molar-refractivity contribution in [1.29, 1.82) is 5.26 Å². The number of hydrogen-bond donors (Lipinski definition) is 1. The Morgan fingerprint density at radius 3 is 2.30 bits per heavy atom. The minimum absolute atomic E-state index is 0.124. The minimum Gasteiger partial charge on any atom is -0.435 e. The molecule has 0 radical (unpaired) electrons. The van der Waals surface area contributed by atoms with Crippen molar-refractivity contribution in [2.75, 3.05) is 5.73 Å². The van der Waals surface area contributed by atoms with Crippen molar-refractivity contribution in [1.82, 2.24) is 0 Å². The number of nitrogens with two attached hydrogens (primary N) is 1. The normalized spacial score (nSPS) is 9.30. The van der Waals surface area contributed by atoms with Gasteiger partial charge in [0.05, 0.1) is 4.47 Å². The van der Waals surface area contributed by atoms with Crippen molar-refractivity contribution in [2.24, 2.45) is 0 Å². The maximum absolute atomic E-state index is 8.39. The maximum atomic E-state index is 8.39. The summed E-state index contributed by atoms with van der Waals surface area (Å²) in [6, 6.07) is 1.81. The molecule has 0 saturated carbocycles. The lowest BCUT2D eigenvalue weighted by Crippen LogP contribution is -1.84. The lowest BCUT2D eigenvalue weighted by Gasteiger charge is -1.81. The maximum Gasteiger partial charge on any atom is 0.228 e. The Bertz CT molecular complexity index is 299. The zero-order chi connectivity index (χ0) is 7.72. The van der Waals surface area contributed by atoms with Crippen LogP contribution in [0.1, 0.15) is 5.76 Å². The number of hydrogen-bond acceptors (Lipinski definition) is 3. The third kappa shape index (κ3) is 1.04. The Morgan fingerprint density at radius 2 is 2.10 bits per heavy atom. The van der Waals surface area contributed by atoms with Crippen molar-refractivity contribution in [2.45, 2.75) is 0 Å². The quantitative estimate of drug-likeness (QED) is 0.783. The molecule has 0 saturated heterocycles. The van der Waals surface area contributed by atoms with Gasteiger partial charge in [-0.1, -0.05) is 0 Å². The second-order valence-corrected chi connectivity index (χ2v) is 3.06. The van der Waals surface area contributed by atoms with Gasteiger partial charge < -0.3 is 10.2 Å². The molecule has 3 nitrogen and oxygen atoms in total. The largest absolute Gasteiger partial charge is 0.435 e. The van der Waals surface area contributed by atoms with Crippen LogP contribution in [-0.2, 0) is 0 Å². The molecule has 0 aliphatic rings. The number of anilines is 1. The van der Waals surface area contributed by atoms with Crippen LogP contribution in [0, 0.1) is 11.3 Å². The highest BCUT2D eigenvalue weighted by Crippen LogP contribution is 2.33. The van der Waals surface area contributed by atoms with Crippen molar-refractivity contribution in [3.05, 3.63) is 14.9 Å². The van der Waals surface area contributed by atoms with E-state index in [1.807, 2.05) is 0 Å². The van der Waals surface area contributed by atoms with E-state index >= 15 is 0 Å². The standard InChI is InChI=1S/C5H2Br2N2O/c6-3-4(9)2(1-8)10-5(3)7/h9H2. The third-order valence-electron chi connectivity index (χ3n) is 0.947. The van der Waals surface area contributed by atoms with E-state index in [1.165, 1.54) is 0 Å². The van der Waals surface area contributed by atoms with Crippen LogP contribution >= 0.6 is 31.9 Å². The SMILES string of the molecule is N#Cc1oc(Br)c(Br)c1N. The molecule has 5 heteroatoms. The van der Waals surface area contributed by atoms with Crippen molar-refractivity contribution < 1.29 is 4.42 Å². The monoisotopic (exact) mass is 264 g/mol. The Balaban J connectivity index is 3.34. The fourth-order valence-corrected chi connectivity index (χ4v) is 1.11. The summed E-state index contributed by atoms with van der Waals surface area (Å²) in [7, 11) is 0. The average Bonchev–Trinajstić information content (AvgIpc) is 2.17. The highest BCUT2D eigenvalue weighted by Gasteiger charge is 2.12. The van der Waals surface area contributed by atoms with Gasteiger partial charge in [-0.15, -0.1) is 0 Å². The van der Waals surface area contributed by atoms with E-state index in [4.69, 9.17) is 15.4 Å². The van der Waals surface area contributed by atoms with Gasteiger partial charge in [-0.25, -0.2) is 0 Å². The van der Waals surface area contributed by atoms with Gasteiger partial charge in [-0.3, -0.25) is 0 Å². The molecule has 0 unspecified atom stereocenters. The summed E-state index contributed by atoms with van der Waals surface area (Å²) in [6.07, 6.45) is 0. The molecule has 0 aliphatic heterocycles. The van der Waals surface area contributed by atoms with Gasteiger partial charge >= 0.3 is 0 Å². The second kappa shape index (κ2) is 2.64. The first-order valence-electron chi connectivity index (χ1n) is 2.30. The predicted octanol–water partition coefficient (Wildman–Crippen LogP) is 2.26. The molecule has 0 fully saturated rings. The van der Waals surface area contributed by atoms with Crippen molar-refractivity contribution >= 4 is 37.5 Å². The molecular weight excluding hydrogens is 264 g/mol. The van der Waals surface area contributed by atoms with Crippen LogP contribution < -0.4 is 5.73 Å². The fourth-order valence-electron chi connectivity index (χ4n) is 0.478. The van der Waals surface area contributed by atoms with E-state index in [-0.39, 0.29) is 5.76 Å². The summed E-state index contributed by atoms with van der Waals surface area (Å²) in [6.45, 7) is 0. The van der Waals surface area contributed by atoms with E-state index < -0.39 is 0 Å². The molecular formula is C5H2Br2N2O. The second-order valence-electron chi connectivity index (χ2n) is 1.54. The number of nitriles is 1. The molecule has 1 heterocycles. The summed E-state index contributed by atoms with van der Waals surface area (Å²) in [5, 5.41) is 8.39. The van der Waals surface area contributed by atoms with Crippen LogP contribution in [0.5, 0.6) is 0 Å². The summed E-state index contributed by atoms with van der Waals surface area (Å²) in [5.41, 5.74) is 5.75. The number of halogens is 2. The van der Waals surface area contributed by atoms with Crippen LogP contribution in [0.25, 0.3) is 0 Å². The molecule has 0 amide bonds. The Labute approximate surface area is 74.1 Å². The summed E-state index contributed by atoms with van der Waals surface area (Å²) in [5.74, 6) is 0.124. The highest BCUT2D eigenvalue weighted by atomic mass is 79.9. The smallest absolute Gasteiger partial charge is 0.228 e. The average molecular weight is 266 g/mol. The van der Waals surface area contributed by atoms with Gasteiger partial charge in [0.15, 0.2) is 4.67 Å². The number of nitrogens with zero attached hydrogens (tertiary/aromatic N) is 1. The van der Waals surface area contributed by atoms with Crippen LogP contribution in [-0.4, -0.2) is 0 Å². The van der Waals surface area contributed by atoms with Gasteiger partial charge in [0.1, 0.15) is 11.8 Å². The van der Waals surface area contributed by atoms with E-state index in [2.05, 4.69) is 31.9 Å². The zero-order valence-corrected chi connectivity index (χ0v) is 7.86. The van der Waals surface area contributed by atoms with E-state index in [1.54, 1.807) is 6.07 Å². The van der Waals surface area contributed by atoms with Gasteiger partial charge in [0, 0.05) is 0 Å². The van der Waals surface area contributed by atoms with E-state index in [0.717, 1.165) is 0 Å². The topological polar surface area (TPSA) is 63.0 Å². The van der Waals surface area contributed by atoms with Crippen molar-refractivity contribution in [3.63, 3.8) is 0 Å². The van der Waals surface area contributed by atoms with E-state index in [9.17, 15) is 0 Å². The molecule has 52 valence electrons. The van der Waals surface area contributed by atoms with E-state index in [0.29, 0.717) is 14.8 Å². The van der Waals surface area contributed by atoms with Crippen molar-refractivity contribution in [3.8, 4) is 6.07 Å². The molecule has 0 bridgehead atoms. The third-order valence-corrected chi connectivity index (χ3v) is 2.82. The molecule has 1 aromatic heterocycles. The number of furan rings is 1. The predicted molar refractivity (Wildman–Crippen MR) is 43.2 cm³/mol. The fraction of sp³-hybridized carbons (Fsp3) is 0. The van der Waals surface area contributed by atoms with Gasteiger partial charge in [-0.05, 0) is 31.9 Å². The molecule has 1 rings (SSSR count). The lowest BCUT2D eigenvalue weighted by molar-refractivity contribution is 0.527. The van der Waals surface area contributed by atoms with Crippen LogP contribution in [0.15, 0.2) is 13.6 Å². The molecule has 0 aromatic carbocycles. The minimum atomic E-state index is 0.124. The first-order chi connectivity index (χ1) is 4.66. The first kappa shape index (κ1) is 7.63. The first-order valence-corrected chi connectivity index (χ1v) is 3.88. The molecule has 1 aromatic rings. The summed E-state index contributed by atoms with van der Waals surface area (Å²) < 4.78 is 5.91. The zero-order valence-electron chi connectivity index (χ0n) is 4.69. The van der Waals surface area contributed by atoms with Crippen LogP contribution in [0.3, 0.4) is 0 Å². The molecule has 0 aliphatic carbocycles. The van der Waals surface area contributed by atoms with Crippen LogP contribution in [0.2, 0.25) is 0 Å². The lowest BCUT2D eigenvalue weighted by atomic mass is 10.4. The Morgan fingerprint density at radius 1 is 1.50 bits per heavy atom. The Hall–Kier alpha value is -0.470.